The average Bonchev–Trinajstić information content (AvgIpc) is 3.24. The van der Waals surface area contributed by atoms with Crippen molar-refractivity contribution < 1.29 is 19.4 Å². The lowest BCUT2D eigenvalue weighted by molar-refractivity contribution is -0.156. The van der Waals surface area contributed by atoms with Gasteiger partial charge in [-0.1, -0.05) is 30.3 Å². The molecule has 0 aromatic heterocycles. The van der Waals surface area contributed by atoms with E-state index in [1.807, 2.05) is 30.3 Å². The highest BCUT2D eigenvalue weighted by atomic mass is 16.5. The van der Waals surface area contributed by atoms with Crippen LogP contribution in [0.15, 0.2) is 30.3 Å². The summed E-state index contributed by atoms with van der Waals surface area (Å²) >= 11 is 0. The minimum atomic E-state index is -0.529. The number of carbonyl (C=O) groups excluding carboxylic acids is 2. The van der Waals surface area contributed by atoms with Gasteiger partial charge in [0.2, 0.25) is 11.8 Å². The van der Waals surface area contributed by atoms with Gasteiger partial charge in [-0.05, 0) is 23.8 Å². The molecule has 2 aliphatic heterocycles. The van der Waals surface area contributed by atoms with Crippen LogP contribution in [0.4, 0.5) is 0 Å². The number of aliphatic hydroxyl groups is 1. The number of hydrogen-bond donors (Lipinski definition) is 2. The van der Waals surface area contributed by atoms with E-state index in [0.29, 0.717) is 0 Å². The number of nitrogens with zero attached hydrogens (tertiary/aromatic N) is 1. The number of fused-ring (bicyclic) bond motifs is 2. The SMILES string of the molecule is NC(=O)CC(c1ccccc1)N1C(=O)C2C3CC4C(OC1C42)C3O. The second kappa shape index (κ2) is 4.80. The first-order chi connectivity index (χ1) is 11.6. The van der Waals surface area contributed by atoms with Crippen molar-refractivity contribution in [1.82, 2.24) is 4.90 Å². The Kier molecular flexibility index (Phi) is 2.89. The van der Waals surface area contributed by atoms with Gasteiger partial charge in [-0.15, -0.1) is 0 Å². The zero-order valence-corrected chi connectivity index (χ0v) is 13.1. The Morgan fingerprint density at radius 3 is 2.79 bits per heavy atom. The second-order valence-corrected chi connectivity index (χ2v) is 7.49. The minimum Gasteiger partial charge on any atom is -0.390 e. The fourth-order valence-electron chi connectivity index (χ4n) is 5.66. The van der Waals surface area contributed by atoms with Crippen molar-refractivity contribution >= 4 is 11.8 Å². The molecule has 1 aromatic carbocycles. The van der Waals surface area contributed by atoms with E-state index in [-0.39, 0.29) is 48.3 Å². The number of amides is 2. The highest BCUT2D eigenvalue weighted by Gasteiger charge is 2.73. The minimum absolute atomic E-state index is 0.00231. The quantitative estimate of drug-likeness (QED) is 0.837. The summed E-state index contributed by atoms with van der Waals surface area (Å²) in [5.74, 6) is -0.197. The number of nitrogens with two attached hydrogens (primary N) is 1. The topological polar surface area (TPSA) is 92.9 Å². The normalized spacial score (nSPS) is 42.8. The van der Waals surface area contributed by atoms with Crippen LogP contribution in [0.1, 0.15) is 24.4 Å². The van der Waals surface area contributed by atoms with Gasteiger partial charge in [0, 0.05) is 5.92 Å². The van der Waals surface area contributed by atoms with E-state index >= 15 is 0 Å². The fourth-order valence-corrected chi connectivity index (χ4v) is 5.66. The predicted molar refractivity (Wildman–Crippen MR) is 83.1 cm³/mol. The molecule has 5 rings (SSSR count). The number of hydrogen-bond acceptors (Lipinski definition) is 4. The lowest BCUT2D eigenvalue weighted by atomic mass is 9.80. The van der Waals surface area contributed by atoms with Crippen LogP contribution in [0, 0.1) is 23.7 Å². The number of primary amides is 1. The molecule has 1 aromatic rings. The van der Waals surface area contributed by atoms with E-state index in [1.54, 1.807) is 4.90 Å². The van der Waals surface area contributed by atoms with E-state index < -0.39 is 18.1 Å². The standard InChI is InChI=1S/C18H20N2O4/c19-12(21)7-11(8-4-2-1-3-5-8)20-17(23)13-9-6-10-14(13)18(20)24-16(10)15(9)22/h1-5,9-11,13-16,18,22H,6-7H2,(H2,19,21). The molecule has 8 unspecified atom stereocenters. The Morgan fingerprint density at radius 1 is 1.33 bits per heavy atom. The molecule has 4 aliphatic rings. The summed E-state index contributed by atoms with van der Waals surface area (Å²) in [4.78, 5) is 26.5. The van der Waals surface area contributed by atoms with Crippen molar-refractivity contribution in [3.05, 3.63) is 35.9 Å². The zero-order chi connectivity index (χ0) is 16.6. The fraction of sp³-hybridized carbons (Fsp3) is 0.556. The molecule has 2 saturated carbocycles. The summed E-state index contributed by atoms with van der Waals surface area (Å²) < 4.78 is 6.11. The van der Waals surface area contributed by atoms with E-state index in [4.69, 9.17) is 10.5 Å². The molecule has 6 heteroatoms. The summed E-state index contributed by atoms with van der Waals surface area (Å²) in [6.07, 6.45) is -0.0783. The summed E-state index contributed by atoms with van der Waals surface area (Å²) in [5.41, 5.74) is 6.35. The molecule has 2 bridgehead atoms. The molecular weight excluding hydrogens is 308 g/mol. The van der Waals surface area contributed by atoms with E-state index in [9.17, 15) is 14.7 Å². The van der Waals surface area contributed by atoms with Crippen LogP contribution in [0.3, 0.4) is 0 Å². The van der Waals surface area contributed by atoms with Crippen molar-refractivity contribution in [2.24, 2.45) is 29.4 Å². The smallest absolute Gasteiger partial charge is 0.229 e. The van der Waals surface area contributed by atoms with Crippen LogP contribution < -0.4 is 5.73 Å². The third-order valence-electron chi connectivity index (χ3n) is 6.47. The van der Waals surface area contributed by atoms with E-state index in [2.05, 4.69) is 0 Å². The largest absolute Gasteiger partial charge is 0.390 e. The summed E-state index contributed by atoms with van der Waals surface area (Å²) in [7, 11) is 0. The summed E-state index contributed by atoms with van der Waals surface area (Å²) in [5, 5.41) is 10.4. The van der Waals surface area contributed by atoms with Crippen LogP contribution in [-0.2, 0) is 14.3 Å². The summed E-state index contributed by atoms with van der Waals surface area (Å²) in [6.45, 7) is 0. The molecule has 2 amide bonds. The Balaban J connectivity index is 1.54. The van der Waals surface area contributed by atoms with Crippen molar-refractivity contribution in [3.63, 3.8) is 0 Å². The number of carbonyl (C=O) groups is 2. The number of ether oxygens (including phenoxy) is 1. The lowest BCUT2D eigenvalue weighted by Gasteiger charge is -2.35. The van der Waals surface area contributed by atoms with Gasteiger partial charge in [-0.2, -0.15) is 0 Å². The number of aliphatic hydroxyl groups excluding tert-OH is 1. The highest BCUT2D eigenvalue weighted by Crippen LogP contribution is 2.64. The maximum absolute atomic E-state index is 13.1. The summed E-state index contributed by atoms with van der Waals surface area (Å²) in [6, 6.07) is 9.11. The molecule has 2 aliphatic carbocycles. The monoisotopic (exact) mass is 328 g/mol. The molecule has 3 N–H and O–H groups in total. The van der Waals surface area contributed by atoms with Crippen LogP contribution in [0.25, 0.3) is 0 Å². The molecule has 24 heavy (non-hydrogen) atoms. The Hall–Kier alpha value is -1.92. The maximum atomic E-state index is 13.1. The van der Waals surface area contributed by atoms with Gasteiger partial charge >= 0.3 is 0 Å². The number of rotatable bonds is 4. The van der Waals surface area contributed by atoms with Gasteiger partial charge in [-0.25, -0.2) is 0 Å². The number of benzene rings is 1. The molecule has 8 atom stereocenters. The molecule has 126 valence electrons. The van der Waals surface area contributed by atoms with Crippen LogP contribution in [0.5, 0.6) is 0 Å². The van der Waals surface area contributed by atoms with Crippen LogP contribution in [-0.4, -0.2) is 40.3 Å². The van der Waals surface area contributed by atoms with Crippen LogP contribution >= 0.6 is 0 Å². The molecule has 2 heterocycles. The third kappa shape index (κ3) is 1.67. The first-order valence-corrected chi connectivity index (χ1v) is 8.57. The molecule has 0 radical (unpaired) electrons. The predicted octanol–water partition coefficient (Wildman–Crippen LogP) is 0.413. The first-order valence-electron chi connectivity index (χ1n) is 8.57. The van der Waals surface area contributed by atoms with Crippen LogP contribution in [0.2, 0.25) is 0 Å². The van der Waals surface area contributed by atoms with Crippen molar-refractivity contribution in [2.45, 2.75) is 37.3 Å². The Morgan fingerprint density at radius 2 is 2.08 bits per heavy atom. The van der Waals surface area contributed by atoms with Gasteiger partial charge in [0.1, 0.15) is 6.23 Å². The highest BCUT2D eigenvalue weighted by molar-refractivity contribution is 5.85. The van der Waals surface area contributed by atoms with Gasteiger partial charge in [-0.3, -0.25) is 9.59 Å². The zero-order valence-electron chi connectivity index (χ0n) is 13.1. The van der Waals surface area contributed by atoms with Crippen molar-refractivity contribution in [3.8, 4) is 0 Å². The Bertz CT molecular complexity index is 708. The van der Waals surface area contributed by atoms with Gasteiger partial charge in [0.15, 0.2) is 0 Å². The Labute approximate surface area is 139 Å². The molecule has 2 saturated heterocycles. The molecule has 6 nitrogen and oxygen atoms in total. The van der Waals surface area contributed by atoms with Gasteiger partial charge < -0.3 is 20.5 Å². The average molecular weight is 328 g/mol. The second-order valence-electron chi connectivity index (χ2n) is 7.49. The van der Waals surface area contributed by atoms with Crippen molar-refractivity contribution in [1.29, 1.82) is 0 Å². The van der Waals surface area contributed by atoms with Gasteiger partial charge in [0.05, 0.1) is 30.6 Å². The first kappa shape index (κ1) is 14.4. The van der Waals surface area contributed by atoms with E-state index in [1.165, 1.54) is 0 Å². The van der Waals surface area contributed by atoms with Crippen molar-refractivity contribution in [2.75, 3.05) is 0 Å². The molecule has 4 fully saturated rings. The molecular formula is C18H20N2O4. The number of likely N-dealkylation sites (tertiary alicyclic amines) is 1. The van der Waals surface area contributed by atoms with Gasteiger partial charge in [0.25, 0.3) is 0 Å². The third-order valence-corrected chi connectivity index (χ3v) is 6.47. The maximum Gasteiger partial charge on any atom is 0.229 e. The lowest BCUT2D eigenvalue weighted by Crippen LogP contribution is -2.45. The molecule has 0 spiro atoms. The van der Waals surface area contributed by atoms with E-state index in [0.717, 1.165) is 12.0 Å².